The predicted molar refractivity (Wildman–Crippen MR) is 136 cm³/mol. The van der Waals surface area contributed by atoms with E-state index in [9.17, 15) is 9.59 Å². The minimum Gasteiger partial charge on any atom is -0.493 e. The monoisotopic (exact) mass is 495 g/mol. The van der Waals surface area contributed by atoms with Crippen LogP contribution in [0.1, 0.15) is 56.1 Å². The Morgan fingerprint density at radius 2 is 1.83 bits per heavy atom. The molecule has 3 atom stereocenters. The number of allylic oxidation sites excluding steroid dienone is 2. The van der Waals surface area contributed by atoms with Crippen LogP contribution in [0.15, 0.2) is 58.7 Å². The molecule has 4 rings (SSSR count). The molecule has 184 valence electrons. The van der Waals surface area contributed by atoms with Crippen molar-refractivity contribution in [1.82, 2.24) is 0 Å². The summed E-state index contributed by atoms with van der Waals surface area (Å²) in [5, 5.41) is 0.516. The lowest BCUT2D eigenvalue weighted by Gasteiger charge is -2.36. The lowest BCUT2D eigenvalue weighted by molar-refractivity contribution is -0.146. The van der Waals surface area contributed by atoms with Crippen molar-refractivity contribution in [3.05, 3.63) is 69.9 Å². The third-order valence-electron chi connectivity index (χ3n) is 6.71. The lowest BCUT2D eigenvalue weighted by atomic mass is 9.69. The van der Waals surface area contributed by atoms with Gasteiger partial charge in [-0.2, -0.15) is 0 Å². The van der Waals surface area contributed by atoms with Gasteiger partial charge in [-0.3, -0.25) is 14.6 Å². The molecule has 0 N–H and O–H groups in total. The topological polar surface area (TPSA) is 74.2 Å². The van der Waals surface area contributed by atoms with E-state index in [-0.39, 0.29) is 17.7 Å². The van der Waals surface area contributed by atoms with Gasteiger partial charge in [0, 0.05) is 34.3 Å². The fourth-order valence-corrected chi connectivity index (χ4v) is 5.32. The summed E-state index contributed by atoms with van der Waals surface area (Å²) in [6, 6.07) is 13.1. The van der Waals surface area contributed by atoms with E-state index < -0.39 is 11.8 Å². The van der Waals surface area contributed by atoms with Gasteiger partial charge in [-0.15, -0.1) is 0 Å². The SMILES string of the molecule is CCCOC(=O)C1C(C)=NC2=C(C(=O)C[C@H](c3ccc(OC)c(OC)c3)C2)[C@H]1c1ccccc1Cl. The molecule has 2 aliphatic rings. The number of benzene rings is 2. The van der Waals surface area contributed by atoms with Gasteiger partial charge in [0.05, 0.1) is 20.8 Å². The zero-order valence-corrected chi connectivity index (χ0v) is 21.2. The molecule has 2 aromatic rings. The zero-order chi connectivity index (χ0) is 25.1. The number of halogens is 1. The zero-order valence-electron chi connectivity index (χ0n) is 20.5. The Morgan fingerprint density at radius 3 is 2.51 bits per heavy atom. The van der Waals surface area contributed by atoms with Crippen LogP contribution in [0.3, 0.4) is 0 Å². The number of hydrogen-bond acceptors (Lipinski definition) is 6. The molecule has 0 bridgehead atoms. The van der Waals surface area contributed by atoms with Gasteiger partial charge in [0.15, 0.2) is 17.3 Å². The number of carbonyl (C=O) groups is 2. The van der Waals surface area contributed by atoms with Gasteiger partial charge in [-0.1, -0.05) is 42.8 Å². The third-order valence-corrected chi connectivity index (χ3v) is 7.05. The van der Waals surface area contributed by atoms with Gasteiger partial charge in [0.2, 0.25) is 0 Å². The number of ether oxygens (including phenoxy) is 3. The highest BCUT2D eigenvalue weighted by atomic mass is 35.5. The second-order valence-corrected chi connectivity index (χ2v) is 9.31. The summed E-state index contributed by atoms with van der Waals surface area (Å²) >= 11 is 6.59. The van der Waals surface area contributed by atoms with Crippen LogP contribution in [0, 0.1) is 5.92 Å². The van der Waals surface area contributed by atoms with Crippen molar-refractivity contribution in [3.63, 3.8) is 0 Å². The smallest absolute Gasteiger partial charge is 0.315 e. The highest BCUT2D eigenvalue weighted by Crippen LogP contribution is 2.48. The Morgan fingerprint density at radius 1 is 1.09 bits per heavy atom. The molecule has 2 aromatic carbocycles. The standard InChI is InChI=1S/C28H30ClNO5/c1-5-12-35-28(32)25-16(2)30-21-13-18(17-10-11-23(33-3)24(15-17)34-4)14-22(31)27(21)26(25)19-8-6-7-9-20(19)29/h6-11,15,18,25-26H,5,12-14H2,1-4H3/t18-,25?,26+/m1/s1. The Balaban J connectivity index is 1.77. The number of rotatable bonds is 7. The summed E-state index contributed by atoms with van der Waals surface area (Å²) in [5.41, 5.74) is 3.64. The maximum absolute atomic E-state index is 13.7. The average Bonchev–Trinajstić information content (AvgIpc) is 2.86. The first kappa shape index (κ1) is 25.0. The van der Waals surface area contributed by atoms with Gasteiger partial charge < -0.3 is 14.2 Å². The first-order valence-electron chi connectivity index (χ1n) is 11.8. The second kappa shape index (κ2) is 10.6. The van der Waals surface area contributed by atoms with Gasteiger partial charge in [-0.25, -0.2) is 0 Å². The van der Waals surface area contributed by atoms with Crippen LogP contribution in [0.4, 0.5) is 0 Å². The van der Waals surface area contributed by atoms with Crippen molar-refractivity contribution in [2.45, 2.75) is 44.9 Å². The number of hydrogen-bond donors (Lipinski definition) is 0. The summed E-state index contributed by atoms with van der Waals surface area (Å²) in [4.78, 5) is 31.6. The summed E-state index contributed by atoms with van der Waals surface area (Å²) in [6.07, 6.45) is 1.59. The number of nitrogens with zero attached hydrogens (tertiary/aromatic N) is 1. The molecule has 1 unspecified atom stereocenters. The van der Waals surface area contributed by atoms with E-state index >= 15 is 0 Å². The van der Waals surface area contributed by atoms with Crippen LogP contribution >= 0.6 is 11.6 Å². The maximum Gasteiger partial charge on any atom is 0.315 e. The molecule has 6 nitrogen and oxygen atoms in total. The maximum atomic E-state index is 13.7. The number of esters is 1. The van der Waals surface area contributed by atoms with Crippen molar-refractivity contribution in [2.24, 2.45) is 10.9 Å². The normalized spacial score (nSPS) is 21.8. The van der Waals surface area contributed by atoms with E-state index in [0.29, 0.717) is 59.4 Å². The average molecular weight is 496 g/mol. The first-order valence-corrected chi connectivity index (χ1v) is 12.2. The molecular weight excluding hydrogens is 466 g/mol. The molecule has 1 aliphatic carbocycles. The van der Waals surface area contributed by atoms with Gasteiger partial charge in [0.25, 0.3) is 0 Å². The van der Waals surface area contributed by atoms with E-state index in [1.54, 1.807) is 20.3 Å². The summed E-state index contributed by atoms with van der Waals surface area (Å²) in [7, 11) is 3.18. The molecule has 0 fully saturated rings. The number of methoxy groups -OCH3 is 2. The largest absolute Gasteiger partial charge is 0.493 e. The fraction of sp³-hybridized carbons (Fsp3) is 0.393. The van der Waals surface area contributed by atoms with Crippen molar-refractivity contribution in [3.8, 4) is 11.5 Å². The van der Waals surface area contributed by atoms with Gasteiger partial charge in [0.1, 0.15) is 5.92 Å². The molecule has 0 saturated heterocycles. The Bertz CT molecular complexity index is 1200. The predicted octanol–water partition coefficient (Wildman–Crippen LogP) is 5.89. The molecule has 1 aliphatic heterocycles. The number of aliphatic imine (C=N–C) groups is 1. The van der Waals surface area contributed by atoms with Crippen LogP contribution in [0.5, 0.6) is 11.5 Å². The molecule has 1 heterocycles. The van der Waals surface area contributed by atoms with Crippen LogP contribution in [0.2, 0.25) is 5.02 Å². The highest BCUT2D eigenvalue weighted by molar-refractivity contribution is 6.31. The molecule has 35 heavy (non-hydrogen) atoms. The number of ketones is 1. The van der Waals surface area contributed by atoms with Crippen LogP contribution in [-0.4, -0.2) is 38.3 Å². The summed E-state index contributed by atoms with van der Waals surface area (Å²) in [6.45, 7) is 4.09. The van der Waals surface area contributed by atoms with Crippen molar-refractivity contribution >= 4 is 29.1 Å². The van der Waals surface area contributed by atoms with E-state index in [0.717, 1.165) is 11.1 Å². The summed E-state index contributed by atoms with van der Waals surface area (Å²) < 4.78 is 16.3. The third kappa shape index (κ3) is 4.85. The van der Waals surface area contributed by atoms with E-state index in [2.05, 4.69) is 0 Å². The Labute approximate surface area is 210 Å². The first-order chi connectivity index (χ1) is 16.9. The van der Waals surface area contributed by atoms with E-state index in [4.69, 9.17) is 30.8 Å². The fourth-order valence-electron chi connectivity index (χ4n) is 5.06. The van der Waals surface area contributed by atoms with Crippen molar-refractivity contribution in [2.75, 3.05) is 20.8 Å². The molecule has 7 heteroatoms. The van der Waals surface area contributed by atoms with E-state index in [1.807, 2.05) is 50.2 Å². The number of carbonyl (C=O) groups excluding carboxylic acids is 2. The quantitative estimate of drug-likeness (QED) is 0.448. The Hall–Kier alpha value is -3.12. The molecule has 0 radical (unpaired) electrons. The molecule has 0 aromatic heterocycles. The molecular formula is C28H30ClNO5. The van der Waals surface area contributed by atoms with Gasteiger partial charge >= 0.3 is 5.97 Å². The lowest BCUT2D eigenvalue weighted by Crippen LogP contribution is -2.38. The van der Waals surface area contributed by atoms with Crippen LogP contribution in [-0.2, 0) is 14.3 Å². The minimum absolute atomic E-state index is 0.0273. The van der Waals surface area contributed by atoms with Gasteiger partial charge in [-0.05, 0) is 55.0 Å². The summed E-state index contributed by atoms with van der Waals surface area (Å²) in [5.74, 6) is -0.431. The van der Waals surface area contributed by atoms with Crippen LogP contribution in [0.25, 0.3) is 0 Å². The van der Waals surface area contributed by atoms with Crippen molar-refractivity contribution in [1.29, 1.82) is 0 Å². The number of Topliss-reactive ketones (excluding diaryl/α,β-unsaturated/α-hetero) is 1. The second-order valence-electron chi connectivity index (χ2n) is 8.90. The molecule has 0 spiro atoms. The minimum atomic E-state index is -0.693. The van der Waals surface area contributed by atoms with Crippen LogP contribution < -0.4 is 9.47 Å². The van der Waals surface area contributed by atoms with Crippen molar-refractivity contribution < 1.29 is 23.8 Å². The molecule has 0 saturated carbocycles. The molecule has 0 amide bonds. The Kier molecular flexibility index (Phi) is 7.60. The highest BCUT2D eigenvalue weighted by Gasteiger charge is 2.45. The van der Waals surface area contributed by atoms with E-state index in [1.165, 1.54) is 0 Å².